The molecule has 0 saturated heterocycles. The predicted molar refractivity (Wildman–Crippen MR) is 66.6 cm³/mol. The van der Waals surface area contributed by atoms with Gasteiger partial charge in [-0.1, -0.05) is 30.3 Å². The van der Waals surface area contributed by atoms with E-state index in [1.54, 1.807) is 6.07 Å². The first kappa shape index (κ1) is 10.5. The molecule has 2 aromatic carbocycles. The lowest BCUT2D eigenvalue weighted by atomic mass is 10.1. The second-order valence-electron chi connectivity index (χ2n) is 3.87. The molecule has 3 aromatic rings. The van der Waals surface area contributed by atoms with Gasteiger partial charge < -0.3 is 4.42 Å². The summed E-state index contributed by atoms with van der Waals surface area (Å²) in [7, 11) is 0. The number of fused-ring (bicyclic) bond motifs is 3. The molecule has 0 radical (unpaired) electrons. The summed E-state index contributed by atoms with van der Waals surface area (Å²) >= 11 is 0. The van der Waals surface area contributed by atoms with Crippen molar-refractivity contribution in [3.63, 3.8) is 0 Å². The summed E-state index contributed by atoms with van der Waals surface area (Å²) in [4.78, 5) is 21.4. The van der Waals surface area contributed by atoms with Gasteiger partial charge in [0, 0.05) is 11.5 Å². The first-order chi connectivity index (χ1) is 8.66. The molecule has 0 amide bonds. The van der Waals surface area contributed by atoms with Crippen LogP contribution in [0.5, 0.6) is 0 Å². The third-order valence-corrected chi connectivity index (χ3v) is 2.82. The first-order valence-corrected chi connectivity index (χ1v) is 5.27. The van der Waals surface area contributed by atoms with Crippen LogP contribution in [0.1, 0.15) is 0 Å². The van der Waals surface area contributed by atoms with Gasteiger partial charge in [-0.2, -0.15) is 0 Å². The van der Waals surface area contributed by atoms with Crippen LogP contribution in [0.2, 0.25) is 0 Å². The van der Waals surface area contributed by atoms with Gasteiger partial charge in [0.15, 0.2) is 0 Å². The minimum atomic E-state index is -0.928. The zero-order valence-corrected chi connectivity index (χ0v) is 9.12. The molecule has 0 aliphatic heterocycles. The van der Waals surface area contributed by atoms with Crippen LogP contribution in [0.4, 0.5) is 5.69 Å². The minimum Gasteiger partial charge on any atom is -0.418 e. The molecule has 1 heterocycles. The molecule has 5 heteroatoms. The quantitative estimate of drug-likeness (QED) is 0.284. The zero-order chi connectivity index (χ0) is 12.7. The Labute approximate surface area is 100 Å². The summed E-state index contributed by atoms with van der Waals surface area (Å²) in [6, 6.07) is 12.2. The Morgan fingerprint density at radius 1 is 1.06 bits per heavy atom. The molecule has 0 spiro atoms. The summed E-state index contributed by atoms with van der Waals surface area (Å²) in [5.74, 6) is 0. The van der Waals surface area contributed by atoms with Crippen molar-refractivity contribution < 1.29 is 9.34 Å². The van der Waals surface area contributed by atoms with E-state index in [-0.39, 0.29) is 0 Å². The zero-order valence-electron chi connectivity index (χ0n) is 9.12. The number of benzene rings is 2. The lowest BCUT2D eigenvalue weighted by molar-refractivity contribution is -0.387. The molecule has 0 unspecified atom stereocenters. The molecule has 0 saturated carbocycles. The maximum absolute atomic E-state index is 11.4. The molecule has 0 fully saturated rings. The van der Waals surface area contributed by atoms with E-state index in [9.17, 15) is 14.9 Å². The van der Waals surface area contributed by atoms with Gasteiger partial charge in [-0.3, -0.25) is 10.1 Å². The lowest BCUT2D eigenvalue weighted by Gasteiger charge is -2.01. The van der Waals surface area contributed by atoms with Gasteiger partial charge in [-0.25, -0.2) is 4.79 Å². The monoisotopic (exact) mass is 241 g/mol. The normalized spacial score (nSPS) is 10.9. The Balaban J connectivity index is 2.53. The van der Waals surface area contributed by atoms with Crippen LogP contribution in [-0.4, -0.2) is 4.92 Å². The van der Waals surface area contributed by atoms with Gasteiger partial charge in [-0.15, -0.1) is 0 Å². The van der Waals surface area contributed by atoms with Crippen LogP contribution in [0, 0.1) is 10.1 Å². The van der Waals surface area contributed by atoms with Crippen molar-refractivity contribution in [1.82, 2.24) is 0 Å². The van der Waals surface area contributed by atoms with Crippen molar-refractivity contribution in [2.24, 2.45) is 0 Å². The van der Waals surface area contributed by atoms with E-state index in [1.165, 1.54) is 6.07 Å². The lowest BCUT2D eigenvalue weighted by Crippen LogP contribution is -2.06. The Kier molecular flexibility index (Phi) is 2.13. The molecule has 0 aliphatic rings. The average molecular weight is 241 g/mol. The highest BCUT2D eigenvalue weighted by Crippen LogP contribution is 2.26. The van der Waals surface area contributed by atoms with Crippen molar-refractivity contribution >= 4 is 27.4 Å². The molecule has 88 valence electrons. The molecule has 0 bridgehead atoms. The molecular formula is C13H7NO4. The summed E-state index contributed by atoms with van der Waals surface area (Å²) < 4.78 is 4.96. The number of nitrogens with zero attached hydrogens (tertiary/aromatic N) is 1. The molecule has 0 aliphatic carbocycles. The molecule has 5 nitrogen and oxygen atoms in total. The number of nitro groups is 1. The van der Waals surface area contributed by atoms with Crippen LogP contribution in [0.3, 0.4) is 0 Å². The fourth-order valence-corrected chi connectivity index (χ4v) is 1.99. The summed E-state index contributed by atoms with van der Waals surface area (Å²) in [6.07, 6.45) is 0. The van der Waals surface area contributed by atoms with E-state index in [0.717, 1.165) is 10.8 Å². The fourth-order valence-electron chi connectivity index (χ4n) is 1.99. The summed E-state index contributed by atoms with van der Waals surface area (Å²) in [6.45, 7) is 0. The fraction of sp³-hybridized carbons (Fsp3) is 0. The second-order valence-corrected chi connectivity index (χ2v) is 3.87. The number of hydrogen-bond donors (Lipinski definition) is 0. The van der Waals surface area contributed by atoms with Crippen LogP contribution >= 0.6 is 0 Å². The van der Waals surface area contributed by atoms with Crippen LogP contribution in [0.25, 0.3) is 21.7 Å². The first-order valence-electron chi connectivity index (χ1n) is 5.27. The Bertz CT molecular complexity index is 835. The highest BCUT2D eigenvalue weighted by molar-refractivity contribution is 6.05. The Morgan fingerprint density at radius 3 is 2.61 bits per heavy atom. The third kappa shape index (κ3) is 1.45. The van der Waals surface area contributed by atoms with Gasteiger partial charge in [-0.05, 0) is 16.8 Å². The van der Waals surface area contributed by atoms with Crippen molar-refractivity contribution in [3.8, 4) is 0 Å². The van der Waals surface area contributed by atoms with Crippen molar-refractivity contribution in [3.05, 3.63) is 63.0 Å². The van der Waals surface area contributed by atoms with Gasteiger partial charge in [0.1, 0.15) is 5.58 Å². The van der Waals surface area contributed by atoms with Gasteiger partial charge in [0.05, 0.1) is 4.92 Å². The van der Waals surface area contributed by atoms with Crippen LogP contribution < -0.4 is 5.63 Å². The molecule has 0 atom stereocenters. The van der Waals surface area contributed by atoms with Crippen molar-refractivity contribution in [1.29, 1.82) is 0 Å². The van der Waals surface area contributed by atoms with Crippen LogP contribution in [0.15, 0.2) is 51.7 Å². The van der Waals surface area contributed by atoms with E-state index >= 15 is 0 Å². The van der Waals surface area contributed by atoms with Crippen molar-refractivity contribution in [2.75, 3.05) is 0 Å². The maximum Gasteiger partial charge on any atom is 0.415 e. The average Bonchev–Trinajstić information content (AvgIpc) is 2.37. The van der Waals surface area contributed by atoms with Crippen LogP contribution in [-0.2, 0) is 0 Å². The molecule has 18 heavy (non-hydrogen) atoms. The van der Waals surface area contributed by atoms with E-state index in [2.05, 4.69) is 0 Å². The highest BCUT2D eigenvalue weighted by atomic mass is 16.6. The van der Waals surface area contributed by atoms with E-state index in [1.807, 2.05) is 30.3 Å². The minimum absolute atomic E-state index is 0.351. The Morgan fingerprint density at radius 2 is 1.83 bits per heavy atom. The van der Waals surface area contributed by atoms with Gasteiger partial charge in [0.25, 0.3) is 0 Å². The summed E-state index contributed by atoms with van der Waals surface area (Å²) in [5.41, 5.74) is -1.12. The molecular weight excluding hydrogens is 234 g/mol. The number of rotatable bonds is 1. The highest BCUT2D eigenvalue weighted by Gasteiger charge is 2.16. The maximum atomic E-state index is 11.4. The molecule has 1 aromatic heterocycles. The van der Waals surface area contributed by atoms with Crippen molar-refractivity contribution in [2.45, 2.75) is 0 Å². The smallest absolute Gasteiger partial charge is 0.415 e. The van der Waals surface area contributed by atoms with E-state index in [0.29, 0.717) is 11.0 Å². The molecule has 0 N–H and O–H groups in total. The SMILES string of the molecule is O=c1oc2ccc3ccccc3c2cc1[N+](=O)[O-]. The Hall–Kier alpha value is -2.69. The number of hydrogen-bond acceptors (Lipinski definition) is 4. The standard InChI is InChI=1S/C13H7NO4/c15-13-11(14(16)17)7-10-9-4-2-1-3-8(9)5-6-12(10)18-13/h1-7H. The molecule has 3 rings (SSSR count). The third-order valence-electron chi connectivity index (χ3n) is 2.82. The largest absolute Gasteiger partial charge is 0.418 e. The van der Waals surface area contributed by atoms with E-state index in [4.69, 9.17) is 4.42 Å². The van der Waals surface area contributed by atoms with Gasteiger partial charge >= 0.3 is 11.3 Å². The summed E-state index contributed by atoms with van der Waals surface area (Å²) in [5, 5.41) is 13.1. The predicted octanol–water partition coefficient (Wildman–Crippen LogP) is 2.85. The van der Waals surface area contributed by atoms with E-state index < -0.39 is 16.2 Å². The van der Waals surface area contributed by atoms with Gasteiger partial charge in [0.2, 0.25) is 0 Å². The second kappa shape index (κ2) is 3.66. The topological polar surface area (TPSA) is 73.3 Å².